The maximum atomic E-state index is 0. The summed E-state index contributed by atoms with van der Waals surface area (Å²) in [5.41, 5.74) is 0. The van der Waals surface area contributed by atoms with Crippen LogP contribution >= 0.6 is 0 Å². The van der Waals surface area contributed by atoms with Crippen molar-refractivity contribution in [3.8, 4) is 0 Å². The molecule has 0 N–H and O–H groups in total. The van der Waals surface area contributed by atoms with Gasteiger partial charge in [-0.1, -0.05) is 0 Å². The molecule has 0 bridgehead atoms. The van der Waals surface area contributed by atoms with Crippen molar-refractivity contribution in [3.05, 3.63) is 0 Å². The van der Waals surface area contributed by atoms with E-state index in [1.54, 1.807) is 0 Å². The molecular formula is H9AlMgNiSi. The van der Waals surface area contributed by atoms with Gasteiger partial charge in [0.25, 0.3) is 0 Å². The third-order valence-electron chi connectivity index (χ3n) is 0. The van der Waals surface area contributed by atoms with E-state index in [9.17, 15) is 0 Å². The molecule has 0 nitrogen and oxygen atoms in total. The number of hydrogen-bond acceptors (Lipinski definition) is 0. The van der Waals surface area contributed by atoms with Crippen LogP contribution in [0.5, 0.6) is 0 Å². The molecule has 0 heterocycles. The Labute approximate surface area is 70.3 Å². The van der Waals surface area contributed by atoms with Crippen LogP contribution in [0.2, 0.25) is 0 Å². The van der Waals surface area contributed by atoms with Crippen molar-refractivity contribution in [1.29, 1.82) is 0 Å². The van der Waals surface area contributed by atoms with E-state index in [2.05, 4.69) is 0 Å². The smallest absolute Gasteiger partial charge is 1.00 e. The van der Waals surface area contributed by atoms with Crippen LogP contribution in [0.4, 0.5) is 0 Å². The van der Waals surface area contributed by atoms with Gasteiger partial charge >= 0.3 is 23.1 Å². The fraction of sp³-hybridized carbons (Fsp3) is 0. The van der Waals surface area contributed by atoms with Crippen LogP contribution in [0.15, 0.2) is 0 Å². The molecule has 4 heteroatoms. The van der Waals surface area contributed by atoms with E-state index in [-0.39, 0.29) is 70.7 Å². The second kappa shape index (κ2) is 19.9. The number of rotatable bonds is 0. The van der Waals surface area contributed by atoms with Crippen LogP contribution in [0.3, 0.4) is 0 Å². The average molecular weight is 147 g/mol. The van der Waals surface area contributed by atoms with Gasteiger partial charge in [-0.2, -0.15) is 0 Å². The molecule has 0 amide bonds. The first-order valence-corrected chi connectivity index (χ1v) is 0. The van der Waals surface area contributed by atoms with Gasteiger partial charge in [0.15, 0.2) is 17.4 Å². The first-order valence-electron chi connectivity index (χ1n) is 0. The Hall–Kier alpha value is 2.01. The van der Waals surface area contributed by atoms with Crippen molar-refractivity contribution in [3.63, 3.8) is 0 Å². The predicted molar refractivity (Wildman–Crippen MR) is 29.3 cm³/mol. The van der Waals surface area contributed by atoms with Crippen LogP contribution in [-0.2, 0) is 16.5 Å². The fourth-order valence-electron chi connectivity index (χ4n) is 0. The van der Waals surface area contributed by atoms with Crippen LogP contribution in [0.1, 0.15) is 2.85 Å². The normalized spacial score (nSPS) is 0. The van der Waals surface area contributed by atoms with E-state index in [1.165, 1.54) is 0 Å². The summed E-state index contributed by atoms with van der Waals surface area (Å²) in [4.78, 5) is 0. The van der Waals surface area contributed by atoms with Gasteiger partial charge in [-0.3, -0.25) is 0 Å². The Morgan fingerprint density at radius 3 is 1.25 bits per heavy atom. The molecule has 0 unspecified atom stereocenters. The van der Waals surface area contributed by atoms with Gasteiger partial charge < -0.3 is 2.85 Å². The third-order valence-corrected chi connectivity index (χ3v) is 0. The summed E-state index contributed by atoms with van der Waals surface area (Å²) in [7, 11) is 0. The molecule has 0 radical (unpaired) electrons. The molecular weight excluding hydrogens is 138 g/mol. The molecule has 0 rings (SSSR count). The molecule has 0 saturated heterocycles. The minimum Gasteiger partial charge on any atom is -1.00 e. The summed E-state index contributed by atoms with van der Waals surface area (Å²) in [6.45, 7) is 0. The van der Waals surface area contributed by atoms with Gasteiger partial charge in [-0.05, 0) is 11.0 Å². The van der Waals surface area contributed by atoms with Crippen LogP contribution in [0, 0.1) is 0 Å². The molecule has 0 aromatic heterocycles. The predicted octanol–water partition coefficient (Wildman–Crippen LogP) is -2.79. The molecule has 0 atom stereocenters. The van der Waals surface area contributed by atoms with E-state index in [0.29, 0.717) is 0 Å². The van der Waals surface area contributed by atoms with Gasteiger partial charge in [-0.25, -0.2) is 0 Å². The topological polar surface area (TPSA) is 0 Å². The van der Waals surface area contributed by atoms with Crippen molar-refractivity contribution < 1.29 is 19.3 Å². The Bertz CT molecular complexity index is 13.5. The van der Waals surface area contributed by atoms with E-state index >= 15 is 0 Å². The van der Waals surface area contributed by atoms with Crippen molar-refractivity contribution >= 4 is 51.4 Å². The summed E-state index contributed by atoms with van der Waals surface area (Å²) >= 11 is 0. The van der Waals surface area contributed by atoms with Crippen molar-refractivity contribution in [2.24, 2.45) is 0 Å². The van der Waals surface area contributed by atoms with Crippen molar-refractivity contribution in [2.45, 2.75) is 0 Å². The minimum absolute atomic E-state index is 0. The molecule has 0 aliphatic carbocycles. The summed E-state index contributed by atoms with van der Waals surface area (Å²) in [5.74, 6) is 0. The maximum Gasteiger partial charge on any atom is 2.00 e. The summed E-state index contributed by atoms with van der Waals surface area (Å²) in [5, 5.41) is 0. The zero-order valence-electron chi connectivity index (χ0n) is 3.02. The molecule has 0 aromatic rings. The monoisotopic (exact) mass is 146 g/mol. The summed E-state index contributed by atoms with van der Waals surface area (Å²) in [6.07, 6.45) is 0. The van der Waals surface area contributed by atoms with E-state index < -0.39 is 0 Å². The largest absolute Gasteiger partial charge is 2.00 e. The van der Waals surface area contributed by atoms with E-state index in [0.717, 1.165) is 0 Å². The SMILES string of the molecule is [AlH3].[H-].[H-].[Mg+2].[Ni].[SiH4]. The van der Waals surface area contributed by atoms with Crippen LogP contribution in [0.25, 0.3) is 0 Å². The van der Waals surface area contributed by atoms with Gasteiger partial charge in [0.05, 0.1) is 0 Å². The first kappa shape index (κ1) is 37.4. The number of hydrogen-bond donors (Lipinski definition) is 0. The van der Waals surface area contributed by atoms with Gasteiger partial charge in [0, 0.05) is 16.5 Å². The molecule has 0 fully saturated rings. The minimum atomic E-state index is 0. The molecule has 0 saturated carbocycles. The van der Waals surface area contributed by atoms with E-state index in [4.69, 9.17) is 0 Å². The fourth-order valence-corrected chi connectivity index (χ4v) is 0. The van der Waals surface area contributed by atoms with Gasteiger partial charge in [-0.15, -0.1) is 0 Å². The zero-order valence-corrected chi connectivity index (χ0v) is 3.43. The van der Waals surface area contributed by atoms with Crippen LogP contribution < -0.4 is 0 Å². The summed E-state index contributed by atoms with van der Waals surface area (Å²) < 4.78 is 0. The average Bonchev–Trinajstić information content (AvgIpc) is 0. The Kier molecular flexibility index (Phi) is 186. The van der Waals surface area contributed by atoms with E-state index in [1.807, 2.05) is 0 Å². The van der Waals surface area contributed by atoms with Crippen LogP contribution in [-0.4, -0.2) is 51.4 Å². The maximum absolute atomic E-state index is 0. The second-order valence-electron chi connectivity index (χ2n) is 0. The second-order valence-corrected chi connectivity index (χ2v) is 0. The van der Waals surface area contributed by atoms with Gasteiger partial charge in [0.2, 0.25) is 0 Å². The standard InChI is InChI=1S/Al.Mg.Ni.H4Si.5H/h;;;1H4;;;;;/q;+2;;;;;;2*-1. The third kappa shape index (κ3) is 8.99. The molecule has 0 aromatic carbocycles. The molecule has 0 spiro atoms. The molecule has 0 aliphatic heterocycles. The zero-order chi connectivity index (χ0) is 0. The summed E-state index contributed by atoms with van der Waals surface area (Å²) in [6, 6.07) is 0. The quantitative estimate of drug-likeness (QED) is 0.325. The first-order chi connectivity index (χ1) is 0. The molecule has 0 aliphatic rings. The molecule has 4 heavy (non-hydrogen) atoms. The van der Waals surface area contributed by atoms with Crippen molar-refractivity contribution in [1.82, 2.24) is 0 Å². The van der Waals surface area contributed by atoms with Crippen molar-refractivity contribution in [2.75, 3.05) is 0 Å². The Morgan fingerprint density at radius 2 is 1.25 bits per heavy atom. The Balaban J connectivity index is 0. The van der Waals surface area contributed by atoms with Gasteiger partial charge in [0.1, 0.15) is 0 Å². The Morgan fingerprint density at radius 1 is 1.25 bits per heavy atom. The molecule has 28 valence electrons.